The lowest BCUT2D eigenvalue weighted by Crippen LogP contribution is -2.41. The second kappa shape index (κ2) is 11.8. The summed E-state index contributed by atoms with van der Waals surface area (Å²) < 4.78 is 6.52. The van der Waals surface area contributed by atoms with Gasteiger partial charge in [0.05, 0.1) is 11.5 Å². The zero-order chi connectivity index (χ0) is 24.5. The van der Waals surface area contributed by atoms with E-state index < -0.39 is 22.1 Å². The molecule has 33 heavy (non-hydrogen) atoms. The minimum absolute atomic E-state index is 0.00626. The number of hydrogen-bond acceptors (Lipinski definition) is 7. The van der Waals surface area contributed by atoms with Crippen molar-refractivity contribution in [3.63, 3.8) is 0 Å². The number of benzene rings is 1. The summed E-state index contributed by atoms with van der Waals surface area (Å²) in [5, 5.41) is 11.5. The largest absolute Gasteiger partial charge is 0.487 e. The highest BCUT2D eigenvalue weighted by Gasteiger charge is 2.27. The molecule has 2 rings (SSSR count). The van der Waals surface area contributed by atoms with Crippen LogP contribution < -0.4 is 26.6 Å². The van der Waals surface area contributed by atoms with Crippen molar-refractivity contribution in [1.29, 1.82) is 0 Å². The summed E-state index contributed by atoms with van der Waals surface area (Å²) in [5.41, 5.74) is 4.30. The highest BCUT2D eigenvalue weighted by molar-refractivity contribution is 6.07. The number of unbranched alkanes of at least 4 members (excludes halogenated alkanes) is 3. The normalized spacial score (nSPS) is 10.8. The smallest absolute Gasteiger partial charge is 0.330 e. The van der Waals surface area contributed by atoms with E-state index in [2.05, 4.69) is 4.98 Å². The third kappa shape index (κ3) is 5.99. The predicted octanol–water partition coefficient (Wildman–Crippen LogP) is 3.06. The van der Waals surface area contributed by atoms with Gasteiger partial charge < -0.3 is 15.4 Å². The van der Waals surface area contributed by atoms with Crippen LogP contribution in [0.5, 0.6) is 5.75 Å². The van der Waals surface area contributed by atoms with Crippen LogP contribution in [0, 0.1) is 10.1 Å². The highest BCUT2D eigenvalue weighted by Crippen LogP contribution is 2.29. The average Bonchev–Trinajstić information content (AvgIpc) is 2.77. The Morgan fingerprint density at radius 1 is 1.18 bits per heavy atom. The Balaban J connectivity index is 2.61. The van der Waals surface area contributed by atoms with Crippen LogP contribution in [0.15, 0.2) is 27.8 Å². The molecule has 11 heteroatoms. The predicted molar refractivity (Wildman–Crippen MR) is 126 cm³/mol. The number of nitrogens with zero attached hydrogens (tertiary/aromatic N) is 3. The number of anilines is 2. The van der Waals surface area contributed by atoms with Gasteiger partial charge in [-0.3, -0.25) is 29.3 Å². The molecular weight excluding hydrogens is 430 g/mol. The van der Waals surface area contributed by atoms with E-state index in [9.17, 15) is 24.5 Å². The number of carbonyl (C=O) groups excluding carboxylic acids is 1. The van der Waals surface area contributed by atoms with E-state index in [-0.39, 0.29) is 48.2 Å². The van der Waals surface area contributed by atoms with E-state index in [0.717, 1.165) is 25.3 Å². The second-order valence-corrected chi connectivity index (χ2v) is 7.53. The van der Waals surface area contributed by atoms with Gasteiger partial charge in [0, 0.05) is 24.7 Å². The Morgan fingerprint density at radius 3 is 2.48 bits per heavy atom. The summed E-state index contributed by atoms with van der Waals surface area (Å²) in [4.78, 5) is 52.8. The van der Waals surface area contributed by atoms with Gasteiger partial charge in [-0.15, -0.1) is 0 Å². The lowest BCUT2D eigenvalue weighted by Gasteiger charge is -2.24. The van der Waals surface area contributed by atoms with Crippen molar-refractivity contribution in [2.45, 2.75) is 59.4 Å². The molecule has 1 amide bonds. The van der Waals surface area contributed by atoms with Crippen LogP contribution in [0.4, 0.5) is 17.2 Å². The summed E-state index contributed by atoms with van der Waals surface area (Å²) >= 11 is 0. The minimum Gasteiger partial charge on any atom is -0.487 e. The Labute approximate surface area is 191 Å². The number of ether oxygens (including phenoxy) is 1. The Bertz CT molecular complexity index is 1110. The van der Waals surface area contributed by atoms with Crippen molar-refractivity contribution in [3.8, 4) is 5.75 Å². The molecular formula is C22H31N5O6. The van der Waals surface area contributed by atoms with Crippen molar-refractivity contribution in [1.82, 2.24) is 9.55 Å². The molecule has 180 valence electrons. The first-order chi connectivity index (χ1) is 15.8. The van der Waals surface area contributed by atoms with Gasteiger partial charge in [-0.25, -0.2) is 4.79 Å². The quantitative estimate of drug-likeness (QED) is 0.280. The third-order valence-corrected chi connectivity index (χ3v) is 5.15. The van der Waals surface area contributed by atoms with Crippen molar-refractivity contribution < 1.29 is 14.5 Å². The fraction of sp³-hybridized carbons (Fsp3) is 0.500. The third-order valence-electron chi connectivity index (χ3n) is 5.15. The van der Waals surface area contributed by atoms with Crippen molar-refractivity contribution in [2.75, 3.05) is 23.8 Å². The molecule has 0 atom stereocenters. The summed E-state index contributed by atoms with van der Waals surface area (Å²) in [5.74, 6) is -0.695. The number of nitro benzene ring substituents is 1. The van der Waals surface area contributed by atoms with Crippen molar-refractivity contribution >= 4 is 23.1 Å². The molecule has 11 nitrogen and oxygen atoms in total. The fourth-order valence-electron chi connectivity index (χ4n) is 3.44. The molecule has 0 bridgehead atoms. The maximum Gasteiger partial charge on any atom is 0.330 e. The molecule has 2 aromatic rings. The first-order valence-electron chi connectivity index (χ1n) is 11.1. The molecule has 0 aliphatic heterocycles. The van der Waals surface area contributed by atoms with Gasteiger partial charge >= 0.3 is 11.4 Å². The van der Waals surface area contributed by atoms with Crippen LogP contribution in [-0.4, -0.2) is 33.5 Å². The van der Waals surface area contributed by atoms with E-state index in [0.29, 0.717) is 12.8 Å². The number of hydrogen-bond donors (Lipinski definition) is 2. The first kappa shape index (κ1) is 25.6. The Morgan fingerprint density at radius 2 is 1.88 bits per heavy atom. The number of carbonyl (C=O) groups is 1. The van der Waals surface area contributed by atoms with Gasteiger partial charge in [-0.2, -0.15) is 0 Å². The van der Waals surface area contributed by atoms with E-state index >= 15 is 0 Å². The van der Waals surface area contributed by atoms with Crippen molar-refractivity contribution in [3.05, 3.63) is 54.7 Å². The van der Waals surface area contributed by atoms with E-state index in [1.54, 1.807) is 6.92 Å². The Kier molecular flexibility index (Phi) is 9.19. The van der Waals surface area contributed by atoms with Gasteiger partial charge in [-0.05, 0) is 31.9 Å². The highest BCUT2D eigenvalue weighted by atomic mass is 16.6. The number of aromatic nitrogens is 2. The zero-order valence-electron chi connectivity index (χ0n) is 19.3. The lowest BCUT2D eigenvalue weighted by molar-refractivity contribution is -0.385. The number of nitrogen functional groups attached to an aromatic ring is 1. The molecule has 0 saturated heterocycles. The number of nitrogens with one attached hydrogen (secondary N) is 1. The monoisotopic (exact) mass is 461 g/mol. The summed E-state index contributed by atoms with van der Waals surface area (Å²) in [6.07, 6.45) is 3.70. The van der Waals surface area contributed by atoms with Crippen LogP contribution in [0.2, 0.25) is 0 Å². The molecule has 1 heterocycles. The number of nitro groups is 1. The van der Waals surface area contributed by atoms with Gasteiger partial charge in [-0.1, -0.05) is 33.1 Å². The molecule has 0 aliphatic rings. The summed E-state index contributed by atoms with van der Waals surface area (Å²) in [7, 11) is 0. The van der Waals surface area contributed by atoms with Crippen LogP contribution in [-0.2, 0) is 6.54 Å². The maximum absolute atomic E-state index is 13.5. The molecule has 1 aromatic carbocycles. The standard InChI is InChI=1S/C22H31N5O6/c1-4-7-9-13-25(18-19(23)26(12-8-5-2)22(30)24-20(18)28)21(29)15-10-11-17(33-6-3)16(14-15)27(31)32/h10-11,14H,4-9,12-13,23H2,1-3H3,(H,24,28,30). The summed E-state index contributed by atoms with van der Waals surface area (Å²) in [6.45, 7) is 6.31. The van der Waals surface area contributed by atoms with Crippen LogP contribution in [0.1, 0.15) is 63.2 Å². The van der Waals surface area contributed by atoms with Gasteiger partial charge in [0.15, 0.2) is 11.4 Å². The molecule has 0 fully saturated rings. The van der Waals surface area contributed by atoms with Crippen LogP contribution in [0.25, 0.3) is 0 Å². The van der Waals surface area contributed by atoms with E-state index in [4.69, 9.17) is 10.5 Å². The number of aromatic amines is 1. The molecule has 1 aromatic heterocycles. The fourth-order valence-corrected chi connectivity index (χ4v) is 3.44. The molecule has 0 unspecified atom stereocenters. The van der Waals surface area contributed by atoms with Gasteiger partial charge in [0.2, 0.25) is 0 Å². The molecule has 0 saturated carbocycles. The lowest BCUT2D eigenvalue weighted by atomic mass is 10.1. The van der Waals surface area contributed by atoms with E-state index in [1.807, 2.05) is 13.8 Å². The van der Waals surface area contributed by atoms with Crippen LogP contribution >= 0.6 is 0 Å². The number of amides is 1. The number of rotatable bonds is 12. The molecule has 0 radical (unpaired) electrons. The van der Waals surface area contributed by atoms with Gasteiger partial charge in [0.1, 0.15) is 5.82 Å². The molecule has 0 aliphatic carbocycles. The molecule has 3 N–H and O–H groups in total. The maximum atomic E-state index is 13.5. The zero-order valence-corrected chi connectivity index (χ0v) is 19.3. The van der Waals surface area contributed by atoms with E-state index in [1.165, 1.54) is 21.6 Å². The number of H-pyrrole nitrogens is 1. The van der Waals surface area contributed by atoms with Gasteiger partial charge in [0.25, 0.3) is 11.5 Å². The van der Waals surface area contributed by atoms with Crippen LogP contribution in [0.3, 0.4) is 0 Å². The average molecular weight is 462 g/mol. The number of nitrogens with two attached hydrogens (primary N) is 1. The first-order valence-corrected chi connectivity index (χ1v) is 11.1. The second-order valence-electron chi connectivity index (χ2n) is 7.53. The molecule has 0 spiro atoms. The summed E-state index contributed by atoms with van der Waals surface area (Å²) in [6, 6.07) is 3.89. The van der Waals surface area contributed by atoms with Crippen molar-refractivity contribution in [2.24, 2.45) is 0 Å². The topological polar surface area (TPSA) is 154 Å². The minimum atomic E-state index is -0.782. The SMILES string of the molecule is CCCCCN(C(=O)c1ccc(OCC)c([N+](=O)[O-])c1)c1c(N)n(CCCC)c(=O)[nH]c1=O. The Hall–Kier alpha value is -3.63.